The molecular weight excluding hydrogens is 216 g/mol. The monoisotopic (exact) mass is 225 g/mol. The molecule has 84 valence electrons. The number of rotatable bonds is 2. The standard InChI is InChI=1S/C11H9F2NO2/c12-6-7-5-10(15)14(11(7)16)9-3-1-8(13)2-4-9/h1-4,7H,5-6H2. The van der Waals surface area contributed by atoms with Crippen molar-refractivity contribution in [1.29, 1.82) is 0 Å². The molecule has 1 heterocycles. The van der Waals surface area contributed by atoms with Crippen LogP contribution in [0.15, 0.2) is 24.3 Å². The Morgan fingerprint density at radius 1 is 1.25 bits per heavy atom. The van der Waals surface area contributed by atoms with Crippen molar-refractivity contribution in [1.82, 2.24) is 0 Å². The Labute approximate surface area is 90.7 Å². The summed E-state index contributed by atoms with van der Waals surface area (Å²) in [6.07, 6.45) is -0.118. The van der Waals surface area contributed by atoms with Crippen molar-refractivity contribution in [3.63, 3.8) is 0 Å². The zero-order chi connectivity index (χ0) is 11.7. The smallest absolute Gasteiger partial charge is 0.240 e. The molecule has 1 unspecified atom stereocenters. The molecule has 1 aromatic rings. The van der Waals surface area contributed by atoms with Crippen molar-refractivity contribution < 1.29 is 18.4 Å². The van der Waals surface area contributed by atoms with E-state index in [1.165, 1.54) is 12.1 Å². The molecule has 0 saturated carbocycles. The number of anilines is 1. The first-order valence-electron chi connectivity index (χ1n) is 4.82. The summed E-state index contributed by atoms with van der Waals surface area (Å²) in [5.41, 5.74) is 0.285. The van der Waals surface area contributed by atoms with Gasteiger partial charge in [-0.1, -0.05) is 0 Å². The highest BCUT2D eigenvalue weighted by Crippen LogP contribution is 2.26. The topological polar surface area (TPSA) is 37.4 Å². The molecule has 5 heteroatoms. The van der Waals surface area contributed by atoms with Crippen LogP contribution in [0.1, 0.15) is 6.42 Å². The van der Waals surface area contributed by atoms with Crippen molar-refractivity contribution in [2.45, 2.75) is 6.42 Å². The SMILES string of the molecule is O=C1CC(CF)C(=O)N1c1ccc(F)cc1. The summed E-state index contributed by atoms with van der Waals surface area (Å²) in [6, 6.07) is 4.95. The molecule has 16 heavy (non-hydrogen) atoms. The fourth-order valence-corrected chi connectivity index (χ4v) is 1.68. The van der Waals surface area contributed by atoms with E-state index in [4.69, 9.17) is 0 Å². The number of halogens is 2. The Morgan fingerprint density at radius 2 is 1.88 bits per heavy atom. The van der Waals surface area contributed by atoms with E-state index in [0.717, 1.165) is 17.0 Å². The van der Waals surface area contributed by atoms with Gasteiger partial charge < -0.3 is 0 Å². The van der Waals surface area contributed by atoms with Gasteiger partial charge in [-0.2, -0.15) is 0 Å². The van der Waals surface area contributed by atoms with Crippen LogP contribution in [0.4, 0.5) is 14.5 Å². The van der Waals surface area contributed by atoms with Crippen molar-refractivity contribution in [3.05, 3.63) is 30.1 Å². The first-order chi connectivity index (χ1) is 7.63. The third kappa shape index (κ3) is 1.68. The summed E-state index contributed by atoms with van der Waals surface area (Å²) in [4.78, 5) is 24.0. The number of hydrogen-bond donors (Lipinski definition) is 0. The van der Waals surface area contributed by atoms with Crippen LogP contribution >= 0.6 is 0 Å². The number of carbonyl (C=O) groups excluding carboxylic acids is 2. The second kappa shape index (κ2) is 4.00. The minimum Gasteiger partial charge on any atom is -0.274 e. The predicted molar refractivity (Wildman–Crippen MR) is 53.0 cm³/mol. The van der Waals surface area contributed by atoms with Gasteiger partial charge in [0.2, 0.25) is 11.8 Å². The Hall–Kier alpha value is -1.78. The number of hydrogen-bond acceptors (Lipinski definition) is 2. The second-order valence-corrected chi connectivity index (χ2v) is 3.60. The average Bonchev–Trinajstić information content (AvgIpc) is 2.56. The molecule has 1 fully saturated rings. The van der Waals surface area contributed by atoms with Gasteiger partial charge in [0.1, 0.15) is 12.5 Å². The predicted octanol–water partition coefficient (Wildman–Crippen LogP) is 1.67. The van der Waals surface area contributed by atoms with Crippen molar-refractivity contribution >= 4 is 17.5 Å². The quantitative estimate of drug-likeness (QED) is 0.718. The highest BCUT2D eigenvalue weighted by atomic mass is 19.1. The first-order valence-corrected chi connectivity index (χ1v) is 4.82. The van der Waals surface area contributed by atoms with Gasteiger partial charge in [0.05, 0.1) is 11.6 Å². The number of imide groups is 1. The van der Waals surface area contributed by atoms with Crippen LogP contribution in [0.5, 0.6) is 0 Å². The van der Waals surface area contributed by atoms with Gasteiger partial charge >= 0.3 is 0 Å². The summed E-state index contributed by atoms with van der Waals surface area (Å²) in [7, 11) is 0. The number of nitrogens with zero attached hydrogens (tertiary/aromatic N) is 1. The van der Waals surface area contributed by atoms with Crippen LogP contribution in [0.25, 0.3) is 0 Å². The Kier molecular flexibility index (Phi) is 2.68. The third-order valence-corrected chi connectivity index (χ3v) is 2.51. The summed E-state index contributed by atoms with van der Waals surface area (Å²) < 4.78 is 25.1. The maximum Gasteiger partial charge on any atom is 0.240 e. The maximum atomic E-state index is 12.7. The van der Waals surface area contributed by atoms with Gasteiger partial charge in [-0.05, 0) is 24.3 Å². The Morgan fingerprint density at radius 3 is 2.38 bits per heavy atom. The molecule has 0 aromatic heterocycles. The molecule has 2 rings (SSSR count). The summed E-state index contributed by atoms with van der Waals surface area (Å²) in [5, 5.41) is 0. The molecule has 1 saturated heterocycles. The summed E-state index contributed by atoms with van der Waals surface area (Å²) in [6.45, 7) is -0.845. The minimum absolute atomic E-state index is 0.118. The molecule has 1 atom stereocenters. The molecular formula is C11H9F2NO2. The van der Waals surface area contributed by atoms with Crippen LogP contribution in [-0.2, 0) is 9.59 Å². The first kappa shape index (κ1) is 10.7. The Bertz CT molecular complexity index is 430. The van der Waals surface area contributed by atoms with Gasteiger partial charge in [-0.25, -0.2) is 4.39 Å². The third-order valence-electron chi connectivity index (χ3n) is 2.51. The minimum atomic E-state index is -0.891. The van der Waals surface area contributed by atoms with E-state index in [2.05, 4.69) is 0 Å². The fraction of sp³-hybridized carbons (Fsp3) is 0.273. The van der Waals surface area contributed by atoms with E-state index in [0.29, 0.717) is 0 Å². The van der Waals surface area contributed by atoms with Gasteiger partial charge in [-0.3, -0.25) is 18.9 Å². The molecule has 0 spiro atoms. The average molecular weight is 225 g/mol. The molecule has 0 radical (unpaired) electrons. The lowest BCUT2D eigenvalue weighted by Crippen LogP contribution is -2.30. The van der Waals surface area contributed by atoms with Crippen molar-refractivity contribution in [2.75, 3.05) is 11.6 Å². The number of alkyl halides is 1. The van der Waals surface area contributed by atoms with Crippen molar-refractivity contribution in [2.24, 2.45) is 5.92 Å². The molecule has 1 aromatic carbocycles. The summed E-state index contributed by atoms with van der Waals surface area (Å²) >= 11 is 0. The Balaban J connectivity index is 2.31. The highest BCUT2D eigenvalue weighted by molar-refractivity contribution is 6.20. The van der Waals surface area contributed by atoms with Gasteiger partial charge in [0, 0.05) is 6.42 Å². The molecule has 3 nitrogen and oxygen atoms in total. The van der Waals surface area contributed by atoms with Gasteiger partial charge in [-0.15, -0.1) is 0 Å². The molecule has 0 N–H and O–H groups in total. The van der Waals surface area contributed by atoms with E-state index < -0.39 is 30.2 Å². The van der Waals surface area contributed by atoms with Crippen LogP contribution in [0, 0.1) is 11.7 Å². The zero-order valence-corrected chi connectivity index (χ0v) is 8.32. The maximum absolute atomic E-state index is 12.7. The van der Waals surface area contributed by atoms with Gasteiger partial charge in [0.25, 0.3) is 0 Å². The number of amides is 2. The molecule has 1 aliphatic rings. The molecule has 2 amide bonds. The largest absolute Gasteiger partial charge is 0.274 e. The highest BCUT2D eigenvalue weighted by Gasteiger charge is 2.39. The normalized spacial score (nSPS) is 20.6. The lowest BCUT2D eigenvalue weighted by Gasteiger charge is -2.14. The zero-order valence-electron chi connectivity index (χ0n) is 8.32. The van der Waals surface area contributed by atoms with E-state index in [9.17, 15) is 18.4 Å². The molecule has 0 bridgehead atoms. The molecule has 0 aliphatic carbocycles. The molecule has 1 aliphatic heterocycles. The van der Waals surface area contributed by atoms with Crippen LogP contribution in [-0.4, -0.2) is 18.5 Å². The summed E-state index contributed by atoms with van der Waals surface area (Å²) in [5.74, 6) is -2.35. The van der Waals surface area contributed by atoms with E-state index in [1.807, 2.05) is 0 Å². The van der Waals surface area contributed by atoms with Crippen molar-refractivity contribution in [3.8, 4) is 0 Å². The number of carbonyl (C=O) groups is 2. The van der Waals surface area contributed by atoms with E-state index >= 15 is 0 Å². The van der Waals surface area contributed by atoms with E-state index in [1.54, 1.807) is 0 Å². The second-order valence-electron chi connectivity index (χ2n) is 3.60. The van der Waals surface area contributed by atoms with Crippen LogP contribution < -0.4 is 4.90 Å². The number of benzene rings is 1. The van der Waals surface area contributed by atoms with Crippen LogP contribution in [0.3, 0.4) is 0 Å². The van der Waals surface area contributed by atoms with Crippen LogP contribution in [0.2, 0.25) is 0 Å². The fourth-order valence-electron chi connectivity index (χ4n) is 1.68. The lowest BCUT2D eigenvalue weighted by atomic mass is 10.1. The lowest BCUT2D eigenvalue weighted by molar-refractivity contribution is -0.122. The van der Waals surface area contributed by atoms with E-state index in [-0.39, 0.29) is 12.1 Å². The van der Waals surface area contributed by atoms with Gasteiger partial charge in [0.15, 0.2) is 0 Å².